The Labute approximate surface area is 417 Å². The van der Waals surface area contributed by atoms with Gasteiger partial charge in [-0.2, -0.15) is 5.48 Å². The molecule has 2 aromatic carbocycles. The number of nitrogens with zero attached hydrogens (tertiary/aromatic N) is 6. The van der Waals surface area contributed by atoms with Gasteiger partial charge < -0.3 is 25.5 Å². The van der Waals surface area contributed by atoms with E-state index >= 15 is 0 Å². The Bertz CT molecular complexity index is 2640. The number of aliphatic hydroxyl groups is 1. The second-order valence-corrected chi connectivity index (χ2v) is 21.7. The number of aliphatic hydroxyl groups excluding tert-OH is 1. The van der Waals surface area contributed by atoms with E-state index in [9.17, 15) is 24.3 Å². The maximum absolute atomic E-state index is 14.0. The standard InChI is InChI=1S/C51H64ClN9O6S2/c1-30-32(3)69-50-43(30)44(34-17-21-36(52)22-18-34)55-39(47-58-57-33(4)61(47)50)27-42(64)53-25-15-13-11-9-8-10-12-14-16-41(63)56-46(51(5,6)7)49(66)60-28-37(62)26-40(60)48(65)59-67-38-23-19-35(20-24-38)45-31(2)54-29-68-45/h17-24,29,37,39-40,46,62H,8-16,25-28H2,1-7H3,(H,53,64)(H,56,63)(H,59,65). The van der Waals surface area contributed by atoms with E-state index in [1.807, 2.05) is 71.0 Å². The van der Waals surface area contributed by atoms with Crippen molar-refractivity contribution in [2.45, 2.75) is 143 Å². The number of hydrogen-bond donors (Lipinski definition) is 4. The molecule has 15 nitrogen and oxygen atoms in total. The lowest BCUT2D eigenvalue weighted by atomic mass is 9.85. The van der Waals surface area contributed by atoms with Crippen molar-refractivity contribution in [1.29, 1.82) is 0 Å². The topological polar surface area (TPSA) is 193 Å². The van der Waals surface area contributed by atoms with Crippen LogP contribution in [0.15, 0.2) is 59.0 Å². The van der Waals surface area contributed by atoms with E-state index in [1.54, 1.807) is 40.3 Å². The maximum Gasteiger partial charge on any atom is 0.275 e. The third-order valence-electron chi connectivity index (χ3n) is 12.8. The Hall–Kier alpha value is -5.49. The molecule has 2 aliphatic heterocycles. The number of aliphatic imine (C=N–C) groups is 1. The van der Waals surface area contributed by atoms with Crippen molar-refractivity contribution in [3.63, 3.8) is 0 Å². The third-order valence-corrected chi connectivity index (χ3v) is 15.2. The lowest BCUT2D eigenvalue weighted by molar-refractivity contribution is -0.145. The van der Waals surface area contributed by atoms with Crippen molar-refractivity contribution in [2.24, 2.45) is 10.4 Å². The number of rotatable bonds is 20. The first-order valence-corrected chi connectivity index (χ1v) is 26.0. The maximum atomic E-state index is 14.0. The first-order chi connectivity index (χ1) is 33.0. The highest BCUT2D eigenvalue weighted by Crippen LogP contribution is 2.40. The normalized spacial score (nSPS) is 17.1. The Balaban J connectivity index is 0.797. The number of aryl methyl sites for hydroxylation is 3. The molecular formula is C51H64ClN9O6S2. The van der Waals surface area contributed by atoms with Gasteiger partial charge in [-0.3, -0.25) is 28.7 Å². The minimum Gasteiger partial charge on any atom is -0.391 e. The molecule has 4 atom stereocenters. The van der Waals surface area contributed by atoms with Gasteiger partial charge in [0.05, 0.1) is 34.3 Å². The summed E-state index contributed by atoms with van der Waals surface area (Å²) in [6, 6.07) is 12.5. The van der Waals surface area contributed by atoms with E-state index in [0.29, 0.717) is 29.6 Å². The SMILES string of the molecule is Cc1ncsc1-c1ccc(ONC(=O)C2CC(O)CN2C(=O)C(NC(=O)CCCCCCCCCCNC(=O)CC2N=C(c3ccc(Cl)cc3)c3c(sc(C)c3C)-n3c(C)nnc32)C(C)(C)C)cc1. The van der Waals surface area contributed by atoms with Gasteiger partial charge >= 0.3 is 0 Å². The van der Waals surface area contributed by atoms with Crippen LogP contribution in [0.4, 0.5) is 0 Å². The number of hydrogen-bond acceptors (Lipinski definition) is 12. The van der Waals surface area contributed by atoms with E-state index in [4.69, 9.17) is 21.4 Å². The van der Waals surface area contributed by atoms with Gasteiger partial charge in [0.2, 0.25) is 17.7 Å². The molecule has 3 aromatic heterocycles. The van der Waals surface area contributed by atoms with Gasteiger partial charge in [0.15, 0.2) is 11.6 Å². The second kappa shape index (κ2) is 23.0. The van der Waals surface area contributed by atoms with Crippen molar-refractivity contribution in [1.82, 2.24) is 40.8 Å². The summed E-state index contributed by atoms with van der Waals surface area (Å²) in [6.45, 7) is 14.2. The number of fused-ring (bicyclic) bond motifs is 3. The Morgan fingerprint density at radius 3 is 2.22 bits per heavy atom. The van der Waals surface area contributed by atoms with E-state index in [0.717, 1.165) is 94.3 Å². The highest BCUT2D eigenvalue weighted by atomic mass is 35.5. The zero-order valence-corrected chi connectivity index (χ0v) is 43.0. The van der Waals surface area contributed by atoms with Crippen LogP contribution >= 0.6 is 34.3 Å². The van der Waals surface area contributed by atoms with Crippen molar-refractivity contribution in [2.75, 3.05) is 13.1 Å². The van der Waals surface area contributed by atoms with E-state index in [1.165, 1.54) is 9.78 Å². The average Bonchev–Trinajstić information content (AvgIpc) is 4.08. The molecule has 0 spiro atoms. The third kappa shape index (κ3) is 12.7. The number of β-amino-alcohol motifs (C(OH)–C–C–N with tert-alkyl or cyclic N) is 1. The van der Waals surface area contributed by atoms with Crippen LogP contribution in [-0.2, 0) is 19.2 Å². The lowest BCUT2D eigenvalue weighted by Gasteiger charge is -2.35. The molecule has 0 bridgehead atoms. The molecule has 5 heterocycles. The van der Waals surface area contributed by atoms with Crippen LogP contribution in [0.3, 0.4) is 0 Å². The molecule has 0 aliphatic carbocycles. The molecule has 4 amide bonds. The molecule has 2 aliphatic rings. The summed E-state index contributed by atoms with van der Waals surface area (Å²) < 4.78 is 2.05. The van der Waals surface area contributed by atoms with Crippen LogP contribution < -0.4 is 21.0 Å². The number of unbranched alkanes of at least 4 members (excludes halogenated alkanes) is 7. The number of hydroxylamine groups is 1. The molecule has 4 unspecified atom stereocenters. The van der Waals surface area contributed by atoms with Crippen LogP contribution in [0, 0.1) is 33.1 Å². The van der Waals surface area contributed by atoms with Gasteiger partial charge in [0.25, 0.3) is 5.91 Å². The summed E-state index contributed by atoms with van der Waals surface area (Å²) in [5, 5.41) is 27.2. The van der Waals surface area contributed by atoms with Gasteiger partial charge in [-0.1, -0.05) is 83.0 Å². The quantitative estimate of drug-likeness (QED) is 0.0436. The molecule has 0 saturated carbocycles. The van der Waals surface area contributed by atoms with Crippen LogP contribution in [0.5, 0.6) is 5.75 Å². The highest BCUT2D eigenvalue weighted by Gasteiger charge is 2.45. The number of benzene rings is 2. The number of likely N-dealkylation sites (tertiary alicyclic amines) is 1. The molecular weight excluding hydrogens is 934 g/mol. The first-order valence-electron chi connectivity index (χ1n) is 23.9. The number of thiazole rings is 1. The first kappa shape index (κ1) is 51.4. The largest absolute Gasteiger partial charge is 0.391 e. The average molecular weight is 999 g/mol. The minimum atomic E-state index is -0.965. The van der Waals surface area contributed by atoms with Gasteiger partial charge in [-0.15, -0.1) is 32.9 Å². The smallest absolute Gasteiger partial charge is 0.275 e. The van der Waals surface area contributed by atoms with Crippen molar-refractivity contribution < 1.29 is 29.1 Å². The number of aromatic nitrogens is 4. The van der Waals surface area contributed by atoms with Crippen molar-refractivity contribution in [3.05, 3.63) is 98.0 Å². The van der Waals surface area contributed by atoms with E-state index in [2.05, 4.69) is 49.7 Å². The minimum absolute atomic E-state index is 0.0257. The zero-order valence-electron chi connectivity index (χ0n) is 40.6. The highest BCUT2D eigenvalue weighted by molar-refractivity contribution is 7.15. The monoisotopic (exact) mass is 997 g/mol. The number of amides is 4. The van der Waals surface area contributed by atoms with Crippen molar-refractivity contribution in [3.8, 4) is 21.2 Å². The van der Waals surface area contributed by atoms with Crippen molar-refractivity contribution >= 4 is 63.6 Å². The zero-order chi connectivity index (χ0) is 49.4. The Kier molecular flexibility index (Phi) is 17.1. The molecule has 1 saturated heterocycles. The number of nitrogens with one attached hydrogen (secondary N) is 3. The van der Waals surface area contributed by atoms with Gasteiger partial charge in [-0.25, -0.2) is 4.98 Å². The summed E-state index contributed by atoms with van der Waals surface area (Å²) >= 11 is 9.47. The fourth-order valence-corrected chi connectivity index (χ4v) is 11.0. The molecule has 5 aromatic rings. The summed E-state index contributed by atoms with van der Waals surface area (Å²) in [4.78, 5) is 72.6. The van der Waals surface area contributed by atoms with E-state index < -0.39 is 41.5 Å². The molecule has 18 heteroatoms. The molecule has 0 radical (unpaired) electrons. The number of thiophene rings is 1. The lowest BCUT2D eigenvalue weighted by Crippen LogP contribution is -2.58. The Morgan fingerprint density at radius 2 is 1.55 bits per heavy atom. The Morgan fingerprint density at radius 1 is 0.884 bits per heavy atom. The predicted octanol–water partition coefficient (Wildman–Crippen LogP) is 8.85. The van der Waals surface area contributed by atoms with Crippen LogP contribution in [0.2, 0.25) is 5.02 Å². The van der Waals surface area contributed by atoms with E-state index in [-0.39, 0.29) is 37.6 Å². The van der Waals surface area contributed by atoms with Gasteiger partial charge in [0.1, 0.15) is 29.0 Å². The van der Waals surface area contributed by atoms with Gasteiger partial charge in [0, 0.05) is 47.0 Å². The molecule has 1 fully saturated rings. The second-order valence-electron chi connectivity index (χ2n) is 19.2. The summed E-state index contributed by atoms with van der Waals surface area (Å²) in [6.07, 6.45) is 7.16. The number of carbonyl (C=O) groups is 4. The molecule has 4 N–H and O–H groups in total. The molecule has 368 valence electrons. The van der Waals surface area contributed by atoms with Crippen LogP contribution in [0.1, 0.15) is 136 Å². The summed E-state index contributed by atoms with van der Waals surface area (Å²) in [5.41, 5.74) is 9.44. The summed E-state index contributed by atoms with van der Waals surface area (Å²) in [7, 11) is 0. The fraction of sp³-hybridized carbons (Fsp3) is 0.490. The summed E-state index contributed by atoms with van der Waals surface area (Å²) in [5.74, 6) is 0.540. The molecule has 69 heavy (non-hydrogen) atoms. The fourth-order valence-electron chi connectivity index (χ4n) is 8.86. The van der Waals surface area contributed by atoms with Crippen LogP contribution in [-0.4, -0.2) is 90.4 Å². The van der Waals surface area contributed by atoms with Gasteiger partial charge in [-0.05, 0) is 93.5 Å². The van der Waals surface area contributed by atoms with Crippen LogP contribution in [0.25, 0.3) is 15.4 Å². The number of carbonyl (C=O) groups excluding carboxylic acids is 4. The molecule has 7 rings (SSSR count). The number of halogens is 1. The predicted molar refractivity (Wildman–Crippen MR) is 271 cm³/mol.